The van der Waals surface area contributed by atoms with Crippen LogP contribution in [0.25, 0.3) is 11.2 Å². The molecule has 1 unspecified atom stereocenters. The van der Waals surface area contributed by atoms with Crippen LogP contribution in [0, 0.1) is 0 Å². The minimum atomic E-state index is -2.40. The number of imidazole rings is 1. The summed E-state index contributed by atoms with van der Waals surface area (Å²) in [5.41, 5.74) is 5.97. The van der Waals surface area contributed by atoms with E-state index < -0.39 is 49.5 Å². The zero-order chi connectivity index (χ0) is 41.0. The Kier molecular flexibility index (Phi) is 10.3. The Hall–Kier alpha value is -2.72. The van der Waals surface area contributed by atoms with Gasteiger partial charge in [0.25, 0.3) is 5.56 Å². The molecular formula is C44H66N4O5Si3. The van der Waals surface area contributed by atoms with Gasteiger partial charge in [-0.25, -0.2) is 9.97 Å². The lowest BCUT2D eigenvalue weighted by Crippen LogP contribution is -2.54. The van der Waals surface area contributed by atoms with Gasteiger partial charge in [0, 0.05) is 17.8 Å². The zero-order valence-corrected chi connectivity index (χ0v) is 39.5. The largest absolute Gasteiger partial charge is 0.414 e. The maximum atomic E-state index is 14.1. The van der Waals surface area contributed by atoms with Gasteiger partial charge in [-0.2, -0.15) is 0 Å². The number of aromatic amines is 1. The highest BCUT2D eigenvalue weighted by Gasteiger charge is 2.55. The number of hydrogen-bond acceptors (Lipinski definition) is 7. The van der Waals surface area contributed by atoms with E-state index in [1.54, 1.807) is 6.33 Å². The van der Waals surface area contributed by atoms with E-state index in [1.807, 2.05) is 4.57 Å². The van der Waals surface area contributed by atoms with E-state index in [0.717, 1.165) is 6.42 Å². The molecule has 2 aromatic heterocycles. The van der Waals surface area contributed by atoms with Crippen LogP contribution in [-0.4, -0.2) is 69.4 Å². The summed E-state index contributed by atoms with van der Waals surface area (Å²) < 4.78 is 30.9. The molecular weight excluding hydrogens is 749 g/mol. The van der Waals surface area contributed by atoms with Crippen LogP contribution in [0.5, 0.6) is 0 Å². The molecule has 8 rings (SSSR count). The number of fused-ring (bicyclic) bond motifs is 2. The van der Waals surface area contributed by atoms with Gasteiger partial charge in [-0.05, 0) is 83.1 Å². The highest BCUT2D eigenvalue weighted by Crippen LogP contribution is 2.58. The number of nitrogens with one attached hydrogen (secondary N) is 1. The third-order valence-corrected chi connectivity index (χ3v) is 28.0. The fourth-order valence-electron chi connectivity index (χ4n) is 8.08. The fourth-order valence-corrected chi connectivity index (χ4v) is 11.7. The van der Waals surface area contributed by atoms with Gasteiger partial charge in [-0.15, -0.1) is 0 Å². The van der Waals surface area contributed by atoms with Crippen LogP contribution in [0.4, 0.5) is 0 Å². The average molecular weight is 815 g/mol. The lowest BCUT2D eigenvalue weighted by Gasteiger charge is -2.45. The van der Waals surface area contributed by atoms with Gasteiger partial charge in [0.05, 0.1) is 12.9 Å². The Morgan fingerprint density at radius 1 is 0.750 bits per heavy atom. The molecule has 0 saturated carbocycles. The molecule has 1 N–H and O–H groups in total. The molecule has 1 aliphatic heterocycles. The van der Waals surface area contributed by atoms with Gasteiger partial charge in [0.1, 0.15) is 24.1 Å². The lowest BCUT2D eigenvalue weighted by atomic mass is 9.59. The van der Waals surface area contributed by atoms with Crippen molar-refractivity contribution in [2.75, 3.05) is 6.61 Å². The Bertz CT molecular complexity index is 2110. The van der Waals surface area contributed by atoms with Gasteiger partial charge >= 0.3 is 0 Å². The average Bonchev–Trinajstić information content (AvgIpc) is 3.66. The molecule has 304 valence electrons. The number of rotatable bonds is 9. The number of nitrogens with zero attached hydrogens (tertiary/aromatic N) is 3. The summed E-state index contributed by atoms with van der Waals surface area (Å²) in [6, 6.07) is 17.6. The molecule has 0 amide bonds. The van der Waals surface area contributed by atoms with Crippen molar-refractivity contribution in [1.29, 1.82) is 0 Å². The van der Waals surface area contributed by atoms with Gasteiger partial charge in [0.2, 0.25) is 0 Å². The van der Waals surface area contributed by atoms with E-state index in [-0.39, 0.29) is 38.4 Å². The van der Waals surface area contributed by atoms with Gasteiger partial charge in [-0.1, -0.05) is 111 Å². The van der Waals surface area contributed by atoms with Crippen molar-refractivity contribution < 1.29 is 18.0 Å². The van der Waals surface area contributed by atoms with Crippen molar-refractivity contribution in [3.05, 3.63) is 93.3 Å². The predicted octanol–water partition coefficient (Wildman–Crippen LogP) is 10.6. The zero-order valence-electron chi connectivity index (χ0n) is 36.5. The van der Waals surface area contributed by atoms with Crippen molar-refractivity contribution in [2.45, 2.75) is 165 Å². The van der Waals surface area contributed by atoms with Crippen LogP contribution in [0.15, 0.2) is 59.7 Å². The smallest absolute Gasteiger partial charge is 0.279 e. The first kappa shape index (κ1) is 41.4. The standard InChI is InChI=1S/C44H66N4O5Si3/c1-42(2,3)54(10,11)50-25-33-36(52-55(12,13)43(4,5)6)37(53-56(14,15)44(7,8)9)41(51-33)48-26-45-35-39(48)46-38(47-40(35)49)32-24-31-27-20-16-18-22-29(27)34(32)30-23-19-17-21-28(30)31/h16-23,26,31-34,36-37,41H,24-25H2,1-15H3,(H,46,47,49)/t31?,32?,33-,34?,36-,37-,41-/m1/s1. The quantitative estimate of drug-likeness (QED) is 0.168. The van der Waals surface area contributed by atoms with E-state index in [9.17, 15) is 4.79 Å². The molecule has 2 bridgehead atoms. The minimum absolute atomic E-state index is 0.00516. The SMILES string of the molecule is CC(C)(C)[Si](C)(C)OC[C@H]1O[C@@H](n2cnc3c(=O)[nH]c(C4CC5c6ccccc6C4c4ccccc45)nc32)[C@H](O[Si](C)(C)C(C)(C)C)[C@@H]1O[Si](C)(C)C(C)(C)C. The van der Waals surface area contributed by atoms with E-state index in [0.29, 0.717) is 23.6 Å². The summed E-state index contributed by atoms with van der Waals surface area (Å²) in [7, 11) is -6.90. The molecule has 5 atom stereocenters. The van der Waals surface area contributed by atoms with Crippen LogP contribution in [0.2, 0.25) is 54.4 Å². The molecule has 56 heavy (non-hydrogen) atoms. The maximum absolute atomic E-state index is 14.1. The van der Waals surface area contributed by atoms with Crippen LogP contribution in [-0.2, 0) is 18.0 Å². The Morgan fingerprint density at radius 2 is 1.25 bits per heavy atom. The Labute approximate surface area is 337 Å². The maximum Gasteiger partial charge on any atom is 0.279 e. The Balaban J connectivity index is 1.35. The number of aromatic nitrogens is 4. The first-order valence-corrected chi connectivity index (χ1v) is 29.3. The molecule has 0 spiro atoms. The molecule has 4 aromatic rings. The molecule has 12 heteroatoms. The topological polar surface area (TPSA) is 100 Å². The third kappa shape index (κ3) is 7.08. The van der Waals surface area contributed by atoms with Gasteiger partial charge in [-0.3, -0.25) is 9.36 Å². The van der Waals surface area contributed by atoms with E-state index >= 15 is 0 Å². The highest BCUT2D eigenvalue weighted by atomic mass is 28.4. The van der Waals surface area contributed by atoms with E-state index in [2.05, 4.69) is 155 Å². The monoisotopic (exact) mass is 814 g/mol. The van der Waals surface area contributed by atoms with Gasteiger partial charge < -0.3 is 23.0 Å². The van der Waals surface area contributed by atoms with Crippen molar-refractivity contribution in [3.8, 4) is 0 Å². The third-order valence-electron chi connectivity index (χ3n) is 14.6. The summed E-state index contributed by atoms with van der Waals surface area (Å²) in [6.07, 6.45) is 0.669. The van der Waals surface area contributed by atoms with Crippen molar-refractivity contribution >= 4 is 36.1 Å². The first-order valence-electron chi connectivity index (χ1n) is 20.6. The van der Waals surface area contributed by atoms with Gasteiger partial charge in [0.15, 0.2) is 42.3 Å². The van der Waals surface area contributed by atoms with Crippen LogP contribution in [0.1, 0.15) is 121 Å². The predicted molar refractivity (Wildman–Crippen MR) is 233 cm³/mol. The number of hydrogen-bond donors (Lipinski definition) is 1. The van der Waals surface area contributed by atoms with Crippen molar-refractivity contribution in [2.24, 2.45) is 0 Å². The lowest BCUT2D eigenvalue weighted by molar-refractivity contribution is -0.0470. The number of ether oxygens (including phenoxy) is 1. The second-order valence-electron chi connectivity index (χ2n) is 21.2. The number of H-pyrrole nitrogens is 1. The second kappa shape index (κ2) is 13.9. The Morgan fingerprint density at radius 3 is 1.77 bits per heavy atom. The molecule has 3 heterocycles. The molecule has 1 saturated heterocycles. The van der Waals surface area contributed by atoms with Crippen molar-refractivity contribution in [1.82, 2.24) is 19.5 Å². The van der Waals surface area contributed by atoms with Crippen LogP contribution in [0.3, 0.4) is 0 Å². The highest BCUT2D eigenvalue weighted by molar-refractivity contribution is 6.75. The van der Waals surface area contributed by atoms with Crippen LogP contribution >= 0.6 is 0 Å². The molecule has 1 fully saturated rings. The second-order valence-corrected chi connectivity index (χ2v) is 35.5. The normalized spacial score (nSPS) is 25.8. The molecule has 4 aliphatic rings. The summed E-state index contributed by atoms with van der Waals surface area (Å²) in [5, 5.41) is -0.0832. The molecule has 9 nitrogen and oxygen atoms in total. The van der Waals surface area contributed by atoms with E-state index in [4.69, 9.17) is 28.0 Å². The molecule has 2 aromatic carbocycles. The molecule has 0 radical (unpaired) electrons. The fraction of sp³-hybridized carbons (Fsp3) is 0.614. The van der Waals surface area contributed by atoms with Crippen LogP contribution < -0.4 is 5.56 Å². The summed E-state index contributed by atoms with van der Waals surface area (Å²) >= 11 is 0. The molecule has 3 aliphatic carbocycles. The summed E-state index contributed by atoms with van der Waals surface area (Å²) in [5.74, 6) is 1.00. The first-order chi connectivity index (χ1) is 25.8. The summed E-state index contributed by atoms with van der Waals surface area (Å²) in [4.78, 5) is 27.3. The summed E-state index contributed by atoms with van der Waals surface area (Å²) in [6.45, 7) is 34.5. The van der Waals surface area contributed by atoms with Crippen molar-refractivity contribution in [3.63, 3.8) is 0 Å². The number of benzene rings is 2. The van der Waals surface area contributed by atoms with E-state index in [1.165, 1.54) is 22.3 Å². The minimum Gasteiger partial charge on any atom is -0.414 e.